The van der Waals surface area contributed by atoms with Gasteiger partial charge in [-0.15, -0.1) is 0 Å². The van der Waals surface area contributed by atoms with Crippen LogP contribution in [0.1, 0.15) is 0 Å². The molecule has 5 heteroatoms. The third-order valence-electron chi connectivity index (χ3n) is 11.9. The van der Waals surface area contributed by atoms with Crippen LogP contribution in [-0.2, 0) is 0 Å². The molecular weight excluding hydrogens is 757 g/mol. The maximum Gasteiger partial charge on any atom is 0.238 e. The first-order valence-electron chi connectivity index (χ1n) is 20.8. The Kier molecular flexibility index (Phi) is 8.42. The molecule has 0 amide bonds. The first-order chi connectivity index (χ1) is 30.7. The normalized spacial score (nSPS) is 11.5. The number of rotatable bonds is 7. The lowest BCUT2D eigenvalue weighted by Crippen LogP contribution is -2.06. The summed E-state index contributed by atoms with van der Waals surface area (Å²) >= 11 is 0. The molecule has 0 aliphatic heterocycles. The first-order valence-corrected chi connectivity index (χ1v) is 20.8. The van der Waals surface area contributed by atoms with Crippen LogP contribution in [0.2, 0.25) is 0 Å². The van der Waals surface area contributed by atoms with Crippen LogP contribution in [0.25, 0.3) is 117 Å². The molecule has 0 saturated carbocycles. The van der Waals surface area contributed by atoms with Gasteiger partial charge in [0.15, 0.2) is 17.2 Å². The van der Waals surface area contributed by atoms with Gasteiger partial charge in [-0.2, -0.15) is 9.97 Å². The second-order valence-corrected chi connectivity index (χ2v) is 15.6. The molecule has 3 heterocycles. The molecule has 12 rings (SSSR count). The smallest absolute Gasteiger partial charge is 0.238 e. The summed E-state index contributed by atoms with van der Waals surface area (Å²) < 4.78 is 9.30. The zero-order chi connectivity index (χ0) is 41.0. The summed E-state index contributed by atoms with van der Waals surface area (Å²) in [5.41, 5.74) is 14.3. The maximum atomic E-state index is 7.13. The van der Waals surface area contributed by atoms with E-state index in [1.807, 2.05) is 12.1 Å². The van der Waals surface area contributed by atoms with E-state index in [0.29, 0.717) is 17.6 Å². The quantitative estimate of drug-likeness (QED) is 0.161. The van der Waals surface area contributed by atoms with E-state index < -0.39 is 0 Å². The van der Waals surface area contributed by atoms with E-state index in [2.05, 4.69) is 211 Å². The largest absolute Gasteiger partial charge is 0.454 e. The van der Waals surface area contributed by atoms with E-state index in [4.69, 9.17) is 19.4 Å². The summed E-state index contributed by atoms with van der Waals surface area (Å²) in [5.74, 6) is 1.67. The maximum absolute atomic E-state index is 7.13. The van der Waals surface area contributed by atoms with Crippen LogP contribution in [0.4, 0.5) is 0 Å². The lowest BCUT2D eigenvalue weighted by atomic mass is 9.94. The summed E-state index contributed by atoms with van der Waals surface area (Å²) in [6.45, 7) is 0. The average molecular weight is 793 g/mol. The molecule has 0 aliphatic carbocycles. The van der Waals surface area contributed by atoms with Gasteiger partial charge in [-0.1, -0.05) is 194 Å². The third-order valence-corrected chi connectivity index (χ3v) is 11.9. The standard InChI is InChI=1S/C57H36N4O/c1-5-15-37(16-6-1)40-25-29-43(30-26-40)55-58-56(44-31-27-41(28-32-44)38-17-7-2-8-18-38)60-57(59-55)61-50-24-14-13-23-46(50)47-33-34-48-52-49(42-21-11-4-12-22-42)35-45(39-19-9-3-10-20-39)36-51(52)62-54(48)53(47)61/h1-36H. The molecule has 0 atom stereocenters. The Bertz CT molecular complexity index is 3480. The second-order valence-electron chi connectivity index (χ2n) is 15.6. The van der Waals surface area contributed by atoms with Crippen molar-refractivity contribution in [3.05, 3.63) is 218 Å². The summed E-state index contributed by atoms with van der Waals surface area (Å²) in [5, 5.41) is 4.23. The molecule has 62 heavy (non-hydrogen) atoms. The molecule has 0 unspecified atom stereocenters. The van der Waals surface area contributed by atoms with Gasteiger partial charge >= 0.3 is 0 Å². The molecule has 0 aliphatic rings. The van der Waals surface area contributed by atoms with Crippen molar-refractivity contribution in [3.8, 4) is 73.2 Å². The van der Waals surface area contributed by atoms with Crippen molar-refractivity contribution in [2.24, 2.45) is 0 Å². The molecule has 0 spiro atoms. The van der Waals surface area contributed by atoms with Crippen molar-refractivity contribution in [2.45, 2.75) is 0 Å². The highest BCUT2D eigenvalue weighted by Gasteiger charge is 2.24. The Labute approximate surface area is 357 Å². The molecule has 9 aromatic carbocycles. The molecule has 3 aromatic heterocycles. The topological polar surface area (TPSA) is 56.7 Å². The molecule has 290 valence electrons. The fourth-order valence-corrected chi connectivity index (χ4v) is 8.87. The average Bonchev–Trinajstić information content (AvgIpc) is 3.91. The van der Waals surface area contributed by atoms with E-state index in [0.717, 1.165) is 99.4 Å². The Hall–Kier alpha value is -8.41. The molecule has 0 N–H and O–H groups in total. The zero-order valence-electron chi connectivity index (χ0n) is 33.5. The fourth-order valence-electron chi connectivity index (χ4n) is 8.87. The van der Waals surface area contributed by atoms with Gasteiger partial charge in [0.05, 0.1) is 5.52 Å². The van der Waals surface area contributed by atoms with Gasteiger partial charge in [0.1, 0.15) is 11.1 Å². The number of hydrogen-bond acceptors (Lipinski definition) is 4. The summed E-state index contributed by atoms with van der Waals surface area (Å²) in [7, 11) is 0. The van der Waals surface area contributed by atoms with Gasteiger partial charge in [-0.05, 0) is 68.8 Å². The van der Waals surface area contributed by atoms with Crippen molar-refractivity contribution in [2.75, 3.05) is 0 Å². The van der Waals surface area contributed by atoms with Crippen molar-refractivity contribution < 1.29 is 4.42 Å². The highest BCUT2D eigenvalue weighted by molar-refractivity contribution is 6.24. The molecule has 0 fully saturated rings. The van der Waals surface area contributed by atoms with Gasteiger partial charge in [0, 0.05) is 32.7 Å². The first kappa shape index (κ1) is 35.5. The van der Waals surface area contributed by atoms with E-state index in [-0.39, 0.29) is 0 Å². The van der Waals surface area contributed by atoms with Crippen LogP contribution in [-0.4, -0.2) is 19.5 Å². The third kappa shape index (κ3) is 6.06. The minimum Gasteiger partial charge on any atom is -0.454 e. The van der Waals surface area contributed by atoms with Gasteiger partial charge in [0.25, 0.3) is 0 Å². The SMILES string of the molecule is c1ccc(-c2ccc(-c3nc(-c4ccc(-c5ccccc5)cc4)nc(-n4c5ccccc5c5ccc6c(oc7cc(-c8ccccc8)cc(-c8ccccc8)c76)c54)n3)cc2)cc1. The van der Waals surface area contributed by atoms with Gasteiger partial charge in [0.2, 0.25) is 5.95 Å². The predicted octanol–water partition coefficient (Wildman–Crippen LogP) is 14.9. The number of hydrogen-bond donors (Lipinski definition) is 0. The van der Waals surface area contributed by atoms with E-state index in [9.17, 15) is 0 Å². The molecule has 12 aromatic rings. The van der Waals surface area contributed by atoms with Crippen LogP contribution in [0, 0.1) is 0 Å². The number of furan rings is 1. The van der Waals surface area contributed by atoms with Crippen molar-refractivity contribution in [1.82, 2.24) is 19.5 Å². The van der Waals surface area contributed by atoms with Crippen molar-refractivity contribution in [3.63, 3.8) is 0 Å². The Morgan fingerprint density at radius 1 is 0.339 bits per heavy atom. The van der Waals surface area contributed by atoms with Crippen LogP contribution >= 0.6 is 0 Å². The summed E-state index contributed by atoms with van der Waals surface area (Å²) in [6.07, 6.45) is 0. The zero-order valence-corrected chi connectivity index (χ0v) is 33.5. The Morgan fingerprint density at radius 3 is 1.35 bits per heavy atom. The van der Waals surface area contributed by atoms with E-state index in [1.54, 1.807) is 0 Å². The summed E-state index contributed by atoms with van der Waals surface area (Å²) in [4.78, 5) is 15.8. The lowest BCUT2D eigenvalue weighted by Gasteiger charge is -2.12. The highest BCUT2D eigenvalue weighted by Crippen LogP contribution is 2.44. The lowest BCUT2D eigenvalue weighted by molar-refractivity contribution is 0.671. The summed E-state index contributed by atoms with van der Waals surface area (Å²) in [6, 6.07) is 76.2. The van der Waals surface area contributed by atoms with Crippen LogP contribution in [0.15, 0.2) is 223 Å². The fraction of sp³-hybridized carbons (Fsp3) is 0. The second kappa shape index (κ2) is 14.7. The predicted molar refractivity (Wildman–Crippen MR) is 254 cm³/mol. The number of nitrogens with zero attached hydrogens (tertiary/aromatic N) is 4. The minimum absolute atomic E-state index is 0.511. The molecular formula is C57H36N4O. The molecule has 5 nitrogen and oxygen atoms in total. The van der Waals surface area contributed by atoms with Crippen molar-refractivity contribution in [1.29, 1.82) is 0 Å². The minimum atomic E-state index is 0.511. The molecule has 0 radical (unpaired) electrons. The van der Waals surface area contributed by atoms with Gasteiger partial charge in [-0.25, -0.2) is 4.98 Å². The monoisotopic (exact) mass is 792 g/mol. The van der Waals surface area contributed by atoms with Crippen molar-refractivity contribution >= 4 is 43.7 Å². The van der Waals surface area contributed by atoms with E-state index >= 15 is 0 Å². The van der Waals surface area contributed by atoms with Crippen LogP contribution in [0.3, 0.4) is 0 Å². The Morgan fingerprint density at radius 2 is 0.790 bits per heavy atom. The highest BCUT2D eigenvalue weighted by atomic mass is 16.3. The van der Waals surface area contributed by atoms with Crippen LogP contribution in [0.5, 0.6) is 0 Å². The van der Waals surface area contributed by atoms with Crippen LogP contribution < -0.4 is 0 Å². The molecule has 0 saturated heterocycles. The number of benzene rings is 9. The Balaban J connectivity index is 1.12. The number of fused-ring (bicyclic) bond motifs is 7. The van der Waals surface area contributed by atoms with Gasteiger partial charge < -0.3 is 4.42 Å². The molecule has 0 bridgehead atoms. The van der Waals surface area contributed by atoms with Gasteiger partial charge in [-0.3, -0.25) is 4.57 Å². The number of aromatic nitrogens is 4. The number of para-hydroxylation sites is 1. The van der Waals surface area contributed by atoms with E-state index in [1.165, 1.54) is 0 Å².